The molecule has 8 nitrogen and oxygen atoms in total. The normalized spacial score (nSPS) is 18.3. The first-order valence-electron chi connectivity index (χ1n) is 9.42. The van der Waals surface area contributed by atoms with Crippen LogP contribution in [0.2, 0.25) is 0 Å². The number of aliphatic hydroxyl groups excluding tert-OH is 1. The summed E-state index contributed by atoms with van der Waals surface area (Å²) in [5, 5.41) is 11.3. The molecule has 1 atom stereocenters. The Morgan fingerprint density at radius 2 is 1.50 bits per heavy atom. The number of esters is 2. The monoisotopic (exact) mass is 500 g/mol. The maximum atomic E-state index is 13.7. The number of carbonyl (C=O) groups excluding carboxylic acids is 4. The molecule has 0 bridgehead atoms. The van der Waals surface area contributed by atoms with Gasteiger partial charge in [0.25, 0.3) is 0 Å². The molecule has 4 rings (SSSR count). The Hall–Kier alpha value is -3.30. The van der Waals surface area contributed by atoms with Crippen molar-refractivity contribution in [1.29, 1.82) is 0 Å². The second-order valence-electron chi connectivity index (χ2n) is 7.17. The molecule has 0 saturated heterocycles. The van der Waals surface area contributed by atoms with Crippen molar-refractivity contribution in [3.05, 3.63) is 74.3 Å². The first-order chi connectivity index (χ1) is 15.3. The third-order valence-electron chi connectivity index (χ3n) is 5.81. The lowest BCUT2D eigenvalue weighted by Crippen LogP contribution is -2.54. The van der Waals surface area contributed by atoms with E-state index in [9.17, 15) is 24.3 Å². The van der Waals surface area contributed by atoms with E-state index in [4.69, 9.17) is 14.2 Å². The van der Waals surface area contributed by atoms with Crippen LogP contribution >= 0.6 is 15.9 Å². The highest BCUT2D eigenvalue weighted by Gasteiger charge is 2.64. The number of aliphatic hydroxyl groups is 1. The van der Waals surface area contributed by atoms with Crippen LogP contribution in [0.4, 0.5) is 0 Å². The van der Waals surface area contributed by atoms with E-state index in [2.05, 4.69) is 15.9 Å². The van der Waals surface area contributed by atoms with Gasteiger partial charge in [-0.25, -0.2) is 0 Å². The van der Waals surface area contributed by atoms with Crippen molar-refractivity contribution >= 4 is 39.4 Å². The highest BCUT2D eigenvalue weighted by atomic mass is 79.9. The van der Waals surface area contributed by atoms with E-state index in [0.29, 0.717) is 4.47 Å². The number of Topliss-reactive ketones (excluding diaryl/α,β-unsaturated/α-hetero) is 2. The first-order valence-corrected chi connectivity index (χ1v) is 10.2. The fourth-order valence-corrected chi connectivity index (χ4v) is 5.04. The zero-order valence-electron chi connectivity index (χ0n) is 17.2. The van der Waals surface area contributed by atoms with E-state index in [1.54, 1.807) is 12.1 Å². The lowest BCUT2D eigenvalue weighted by molar-refractivity contribution is -0.159. The molecule has 32 heavy (non-hydrogen) atoms. The van der Waals surface area contributed by atoms with Gasteiger partial charge in [0.2, 0.25) is 5.41 Å². The molecule has 1 N–H and O–H groups in total. The number of fused-ring (bicyclic) bond motifs is 2. The van der Waals surface area contributed by atoms with Gasteiger partial charge >= 0.3 is 11.9 Å². The Morgan fingerprint density at radius 1 is 0.938 bits per heavy atom. The molecular weight excluding hydrogens is 484 g/mol. The summed E-state index contributed by atoms with van der Waals surface area (Å²) in [6.45, 7) is 0. The third-order valence-corrected chi connectivity index (χ3v) is 6.50. The van der Waals surface area contributed by atoms with Gasteiger partial charge in [-0.2, -0.15) is 0 Å². The molecule has 9 heteroatoms. The molecule has 0 radical (unpaired) electrons. The lowest BCUT2D eigenvalue weighted by Gasteiger charge is -2.41. The lowest BCUT2D eigenvalue weighted by atomic mass is 9.60. The van der Waals surface area contributed by atoms with Gasteiger partial charge in [0.05, 0.1) is 21.3 Å². The molecule has 2 aromatic rings. The van der Waals surface area contributed by atoms with E-state index in [1.807, 2.05) is 0 Å². The van der Waals surface area contributed by atoms with E-state index in [0.717, 1.165) is 14.2 Å². The minimum absolute atomic E-state index is 0.00181. The van der Waals surface area contributed by atoms with Gasteiger partial charge in [-0.1, -0.05) is 40.2 Å². The van der Waals surface area contributed by atoms with Crippen molar-refractivity contribution in [2.24, 2.45) is 0 Å². The smallest absolute Gasteiger partial charge is 0.332 e. The van der Waals surface area contributed by atoms with Crippen LogP contribution in [-0.2, 0) is 24.5 Å². The van der Waals surface area contributed by atoms with Gasteiger partial charge in [0.15, 0.2) is 11.6 Å². The number of benzene rings is 2. The molecule has 164 valence electrons. The largest absolute Gasteiger partial charge is 0.496 e. The molecule has 2 aromatic carbocycles. The minimum atomic E-state index is -2.50. The van der Waals surface area contributed by atoms with Gasteiger partial charge in [-0.15, -0.1) is 0 Å². The molecule has 2 aliphatic carbocycles. The number of hydrogen-bond acceptors (Lipinski definition) is 8. The molecule has 2 aliphatic rings. The number of ketones is 2. The summed E-state index contributed by atoms with van der Waals surface area (Å²) in [4.78, 5) is 53.9. The summed E-state index contributed by atoms with van der Waals surface area (Å²) in [6.07, 6.45) is -1.63. The molecule has 0 saturated carbocycles. The molecular formula is C23H17BrO8. The number of carbonyl (C=O) groups is 4. The highest BCUT2D eigenvalue weighted by molar-refractivity contribution is 9.10. The molecule has 0 aromatic heterocycles. The van der Waals surface area contributed by atoms with Crippen LogP contribution in [0.1, 0.15) is 37.9 Å². The average molecular weight is 501 g/mol. The maximum Gasteiger partial charge on any atom is 0.332 e. The van der Waals surface area contributed by atoms with Gasteiger partial charge < -0.3 is 19.3 Å². The Balaban J connectivity index is 2.26. The maximum absolute atomic E-state index is 13.7. The van der Waals surface area contributed by atoms with Crippen LogP contribution in [-0.4, -0.2) is 49.9 Å². The third kappa shape index (κ3) is 2.58. The summed E-state index contributed by atoms with van der Waals surface area (Å²) < 4.78 is 15.7. The van der Waals surface area contributed by atoms with Crippen LogP contribution < -0.4 is 4.74 Å². The van der Waals surface area contributed by atoms with E-state index in [1.165, 1.54) is 31.4 Å². The average Bonchev–Trinajstić information content (AvgIpc) is 2.81. The summed E-state index contributed by atoms with van der Waals surface area (Å²) in [7, 11) is 3.40. The summed E-state index contributed by atoms with van der Waals surface area (Å²) in [5.74, 6) is -3.72. The Labute approximate surface area is 190 Å². The molecule has 0 heterocycles. The molecule has 0 spiro atoms. The van der Waals surface area contributed by atoms with Gasteiger partial charge in [0.1, 0.15) is 11.9 Å². The van der Waals surface area contributed by atoms with Crippen LogP contribution in [0.3, 0.4) is 0 Å². The first kappa shape index (κ1) is 21.9. The van der Waals surface area contributed by atoms with Gasteiger partial charge in [-0.3, -0.25) is 19.2 Å². The van der Waals surface area contributed by atoms with Crippen molar-refractivity contribution in [3.63, 3.8) is 0 Å². The molecule has 0 aliphatic heterocycles. The predicted molar refractivity (Wildman–Crippen MR) is 113 cm³/mol. The number of methoxy groups -OCH3 is 3. The minimum Gasteiger partial charge on any atom is -0.496 e. The van der Waals surface area contributed by atoms with Crippen molar-refractivity contribution in [2.45, 2.75) is 11.5 Å². The summed E-state index contributed by atoms with van der Waals surface area (Å²) in [5.41, 5.74) is -3.43. The van der Waals surface area contributed by atoms with Crippen molar-refractivity contribution in [3.8, 4) is 5.75 Å². The number of rotatable bonds is 3. The summed E-state index contributed by atoms with van der Waals surface area (Å²) >= 11 is 3.32. The van der Waals surface area contributed by atoms with Crippen LogP contribution in [0.15, 0.2) is 52.0 Å². The SMILES string of the molecule is COC(=O)C1(C(=O)OC)C2=C(C(=O)c3ccccc3C2=O)C(O)c2c(Br)ccc(OC)c21. The Kier molecular flexibility index (Phi) is 5.26. The van der Waals surface area contributed by atoms with E-state index >= 15 is 0 Å². The number of halogens is 1. The number of ether oxygens (including phenoxy) is 3. The summed E-state index contributed by atoms with van der Waals surface area (Å²) in [6, 6.07) is 8.99. The van der Waals surface area contributed by atoms with E-state index in [-0.39, 0.29) is 33.6 Å². The fraction of sp³-hybridized carbons (Fsp3) is 0.217. The molecule has 0 amide bonds. The van der Waals surface area contributed by atoms with E-state index < -0.39 is 40.6 Å². The Bertz CT molecular complexity index is 1230. The van der Waals surface area contributed by atoms with Gasteiger partial charge in [-0.05, 0) is 12.1 Å². The second-order valence-corrected chi connectivity index (χ2v) is 8.02. The van der Waals surface area contributed by atoms with Crippen LogP contribution in [0.5, 0.6) is 5.75 Å². The second kappa shape index (κ2) is 7.68. The molecule has 1 unspecified atom stereocenters. The quantitative estimate of drug-likeness (QED) is 0.504. The molecule has 0 fully saturated rings. The fourth-order valence-electron chi connectivity index (χ4n) is 4.49. The van der Waals surface area contributed by atoms with Crippen LogP contribution in [0.25, 0.3) is 0 Å². The zero-order valence-corrected chi connectivity index (χ0v) is 18.8. The number of hydrogen-bond donors (Lipinski definition) is 1. The van der Waals surface area contributed by atoms with Crippen molar-refractivity contribution in [1.82, 2.24) is 0 Å². The zero-order chi connectivity index (χ0) is 23.4. The standard InChI is InChI=1S/C23H17BrO8/c1-30-13-9-8-12(24)14-16(13)23(21(28)31-2,22(29)32-3)17-15(20(14)27)18(25)10-6-4-5-7-11(10)19(17)26/h4-9,20,27H,1-3H3. The predicted octanol–water partition coefficient (Wildman–Crippen LogP) is 2.46. The van der Waals surface area contributed by atoms with Crippen LogP contribution in [0, 0.1) is 0 Å². The topological polar surface area (TPSA) is 116 Å². The highest BCUT2D eigenvalue weighted by Crippen LogP contribution is 2.55. The Morgan fingerprint density at radius 3 is 2.03 bits per heavy atom. The van der Waals surface area contributed by atoms with Crippen molar-refractivity contribution in [2.75, 3.05) is 21.3 Å². The van der Waals surface area contributed by atoms with Gasteiger partial charge in [0, 0.05) is 37.9 Å². The van der Waals surface area contributed by atoms with Crippen molar-refractivity contribution < 1.29 is 38.5 Å².